The molecule has 7 nitrogen and oxygen atoms in total. The van der Waals surface area contributed by atoms with Crippen molar-refractivity contribution in [2.24, 2.45) is 12.1 Å². The highest BCUT2D eigenvalue weighted by Crippen LogP contribution is 2.14. The highest BCUT2D eigenvalue weighted by Gasteiger charge is 2.10. The molecule has 2 heterocycles. The molecular weight excluding hydrogens is 292 g/mol. The fourth-order valence-electron chi connectivity index (χ4n) is 2.50. The summed E-state index contributed by atoms with van der Waals surface area (Å²) in [6, 6.07) is 9.63. The Morgan fingerprint density at radius 3 is 2.87 bits per heavy atom. The second kappa shape index (κ2) is 6.04. The monoisotopic (exact) mass is 310 g/mol. The van der Waals surface area contributed by atoms with Crippen LogP contribution in [0.25, 0.3) is 11.0 Å². The van der Waals surface area contributed by atoms with Crippen LogP contribution in [0.1, 0.15) is 17.2 Å². The predicted molar refractivity (Wildman–Crippen MR) is 88.2 cm³/mol. The molecule has 0 radical (unpaired) electrons. The van der Waals surface area contributed by atoms with E-state index < -0.39 is 0 Å². The average molecular weight is 310 g/mol. The van der Waals surface area contributed by atoms with Crippen LogP contribution in [0.4, 0.5) is 0 Å². The fourth-order valence-corrected chi connectivity index (χ4v) is 2.50. The van der Waals surface area contributed by atoms with Crippen molar-refractivity contribution in [1.29, 1.82) is 0 Å². The lowest BCUT2D eigenvalue weighted by Gasteiger charge is -2.05. The molecule has 0 atom stereocenters. The van der Waals surface area contributed by atoms with Gasteiger partial charge >= 0.3 is 0 Å². The smallest absolute Gasteiger partial charge is 0.260 e. The molecule has 0 bridgehead atoms. The first-order valence-electron chi connectivity index (χ1n) is 7.29. The second-order valence-corrected chi connectivity index (χ2v) is 5.36. The van der Waals surface area contributed by atoms with Gasteiger partial charge in [0, 0.05) is 7.05 Å². The number of rotatable bonds is 4. The van der Waals surface area contributed by atoms with Gasteiger partial charge in [-0.25, -0.2) is 10.4 Å². The highest BCUT2D eigenvalue weighted by molar-refractivity contribution is 5.83. The highest BCUT2D eigenvalue weighted by atomic mass is 16.2. The van der Waals surface area contributed by atoms with Crippen LogP contribution in [0, 0.1) is 13.8 Å². The van der Waals surface area contributed by atoms with Crippen LogP contribution in [-0.2, 0) is 18.4 Å². The molecule has 7 heteroatoms. The van der Waals surface area contributed by atoms with Crippen molar-refractivity contribution in [2.45, 2.75) is 20.4 Å². The Labute approximate surface area is 133 Å². The normalized spacial score (nSPS) is 11.4. The lowest BCUT2D eigenvalue weighted by atomic mass is 10.3. The van der Waals surface area contributed by atoms with Crippen molar-refractivity contribution >= 4 is 23.2 Å². The van der Waals surface area contributed by atoms with Gasteiger partial charge in [-0.2, -0.15) is 10.2 Å². The van der Waals surface area contributed by atoms with E-state index >= 15 is 0 Å². The van der Waals surface area contributed by atoms with Gasteiger partial charge in [0.2, 0.25) is 0 Å². The number of nitrogens with zero attached hydrogens (tertiary/aromatic N) is 5. The Morgan fingerprint density at radius 1 is 1.35 bits per heavy atom. The summed E-state index contributed by atoms with van der Waals surface area (Å²) < 4.78 is 3.58. The fraction of sp³-hybridized carbons (Fsp3) is 0.250. The number of aryl methyl sites for hydroxylation is 3. The van der Waals surface area contributed by atoms with E-state index in [2.05, 4.69) is 20.6 Å². The molecule has 3 rings (SSSR count). The zero-order chi connectivity index (χ0) is 16.4. The number of imidazole rings is 1. The van der Waals surface area contributed by atoms with E-state index in [0.717, 1.165) is 28.2 Å². The Bertz CT molecular complexity index is 889. The Kier molecular flexibility index (Phi) is 3.92. The molecule has 0 aliphatic heterocycles. The first-order chi connectivity index (χ1) is 11.0. The van der Waals surface area contributed by atoms with Gasteiger partial charge in [0.25, 0.3) is 5.91 Å². The molecule has 0 fully saturated rings. The topological polar surface area (TPSA) is 77.1 Å². The van der Waals surface area contributed by atoms with E-state index in [9.17, 15) is 4.79 Å². The molecule has 1 N–H and O–H groups in total. The van der Waals surface area contributed by atoms with Crippen LogP contribution in [0.15, 0.2) is 35.4 Å². The number of hydrazone groups is 1. The number of fused-ring (bicyclic) bond motifs is 1. The molecule has 1 aromatic carbocycles. The number of hydrogen-bond donors (Lipinski definition) is 1. The summed E-state index contributed by atoms with van der Waals surface area (Å²) in [6.07, 6.45) is 1.58. The van der Waals surface area contributed by atoms with Crippen molar-refractivity contribution in [1.82, 2.24) is 24.8 Å². The minimum atomic E-state index is -0.202. The van der Waals surface area contributed by atoms with Gasteiger partial charge < -0.3 is 4.57 Å². The zero-order valence-corrected chi connectivity index (χ0v) is 13.3. The van der Waals surface area contributed by atoms with Crippen LogP contribution in [0.2, 0.25) is 0 Å². The summed E-state index contributed by atoms with van der Waals surface area (Å²) in [6.45, 7) is 3.96. The molecule has 0 unspecified atom stereocenters. The number of carbonyl (C=O) groups excluding carboxylic acids is 1. The third-order valence-corrected chi connectivity index (χ3v) is 3.57. The van der Waals surface area contributed by atoms with E-state index in [1.807, 2.05) is 55.8 Å². The number of aromatic nitrogens is 4. The van der Waals surface area contributed by atoms with Crippen LogP contribution in [0.3, 0.4) is 0 Å². The van der Waals surface area contributed by atoms with Gasteiger partial charge in [-0.15, -0.1) is 0 Å². The van der Waals surface area contributed by atoms with E-state index in [1.165, 1.54) is 0 Å². The summed E-state index contributed by atoms with van der Waals surface area (Å²) in [4.78, 5) is 16.5. The van der Waals surface area contributed by atoms with Crippen molar-refractivity contribution in [2.75, 3.05) is 0 Å². The molecule has 0 saturated heterocycles. The Morgan fingerprint density at radius 2 is 2.13 bits per heavy atom. The molecule has 118 valence electrons. The van der Waals surface area contributed by atoms with Crippen LogP contribution in [-0.4, -0.2) is 31.5 Å². The summed E-state index contributed by atoms with van der Waals surface area (Å²) in [7, 11) is 1.83. The molecule has 0 saturated carbocycles. The minimum Gasteiger partial charge on any atom is -0.319 e. The summed E-state index contributed by atoms with van der Waals surface area (Å²) in [5, 5.41) is 8.20. The summed E-state index contributed by atoms with van der Waals surface area (Å²) in [5.41, 5.74) is 6.09. The number of carbonyl (C=O) groups is 1. The van der Waals surface area contributed by atoms with Crippen LogP contribution < -0.4 is 5.43 Å². The molecule has 2 aromatic heterocycles. The molecule has 1 amide bonds. The van der Waals surface area contributed by atoms with E-state index in [0.29, 0.717) is 0 Å². The zero-order valence-electron chi connectivity index (χ0n) is 13.3. The maximum absolute atomic E-state index is 12.1. The van der Waals surface area contributed by atoms with Gasteiger partial charge in [0.05, 0.1) is 28.6 Å². The predicted octanol–water partition coefficient (Wildman–Crippen LogP) is 1.54. The van der Waals surface area contributed by atoms with Gasteiger partial charge in [0.15, 0.2) is 0 Å². The third-order valence-electron chi connectivity index (χ3n) is 3.57. The summed E-state index contributed by atoms with van der Waals surface area (Å²) >= 11 is 0. The number of amides is 1. The minimum absolute atomic E-state index is 0.175. The molecule has 23 heavy (non-hydrogen) atoms. The van der Waals surface area contributed by atoms with Crippen molar-refractivity contribution in [3.8, 4) is 0 Å². The summed E-state index contributed by atoms with van der Waals surface area (Å²) in [5.74, 6) is 0.596. The van der Waals surface area contributed by atoms with Crippen molar-refractivity contribution in [3.05, 3.63) is 47.5 Å². The molecule has 3 aromatic rings. The molecular formula is C16H18N6O. The third kappa shape index (κ3) is 3.13. The maximum atomic E-state index is 12.1. The van der Waals surface area contributed by atoms with Gasteiger partial charge in [-0.1, -0.05) is 12.1 Å². The van der Waals surface area contributed by atoms with Gasteiger partial charge in [-0.3, -0.25) is 9.48 Å². The molecule has 0 aliphatic carbocycles. The second-order valence-electron chi connectivity index (χ2n) is 5.36. The van der Waals surface area contributed by atoms with E-state index in [4.69, 9.17) is 0 Å². The van der Waals surface area contributed by atoms with E-state index in [1.54, 1.807) is 10.9 Å². The van der Waals surface area contributed by atoms with Crippen LogP contribution >= 0.6 is 0 Å². The van der Waals surface area contributed by atoms with Crippen molar-refractivity contribution in [3.63, 3.8) is 0 Å². The molecule has 0 aliphatic rings. The standard InChI is InChI=1S/C16H18N6O/c1-11-8-13(21(3)20-11)9-17-19-16(23)10-22-12(2)18-14-6-4-5-7-15(14)22/h4-9H,10H2,1-3H3,(H,19,23)/b17-9-. The van der Waals surface area contributed by atoms with Gasteiger partial charge in [-0.05, 0) is 32.0 Å². The number of hydrogen-bond acceptors (Lipinski definition) is 4. The SMILES string of the molecule is Cc1cc(/C=N\NC(=O)Cn2c(C)nc3ccccc32)n(C)n1. The number of nitrogens with one attached hydrogen (secondary N) is 1. The lowest BCUT2D eigenvalue weighted by Crippen LogP contribution is -2.23. The Hall–Kier alpha value is -2.96. The number of benzene rings is 1. The quantitative estimate of drug-likeness (QED) is 0.586. The Balaban J connectivity index is 1.69. The van der Waals surface area contributed by atoms with E-state index in [-0.39, 0.29) is 12.5 Å². The van der Waals surface area contributed by atoms with Gasteiger partial charge in [0.1, 0.15) is 12.4 Å². The van der Waals surface area contributed by atoms with Crippen molar-refractivity contribution < 1.29 is 4.79 Å². The number of para-hydroxylation sites is 2. The average Bonchev–Trinajstić information content (AvgIpc) is 2.99. The first kappa shape index (κ1) is 15.0. The maximum Gasteiger partial charge on any atom is 0.260 e. The van der Waals surface area contributed by atoms with Crippen LogP contribution in [0.5, 0.6) is 0 Å². The molecule has 0 spiro atoms. The lowest BCUT2D eigenvalue weighted by molar-refractivity contribution is -0.121. The first-order valence-corrected chi connectivity index (χ1v) is 7.29. The largest absolute Gasteiger partial charge is 0.319 e.